The first-order chi connectivity index (χ1) is 14.0. The van der Waals surface area contributed by atoms with Gasteiger partial charge in [0.2, 0.25) is 0 Å². The van der Waals surface area contributed by atoms with Gasteiger partial charge in [0.05, 0.1) is 6.61 Å². The molecule has 0 radical (unpaired) electrons. The van der Waals surface area contributed by atoms with Crippen molar-refractivity contribution in [3.8, 4) is 5.75 Å². The summed E-state index contributed by atoms with van der Waals surface area (Å²) in [4.78, 5) is 0. The highest BCUT2D eigenvalue weighted by Crippen LogP contribution is 2.24. The van der Waals surface area contributed by atoms with Gasteiger partial charge in [-0.15, -0.1) is 0 Å². The maximum atomic E-state index is 6.19. The van der Waals surface area contributed by atoms with Crippen LogP contribution in [0.25, 0.3) is 5.57 Å². The van der Waals surface area contributed by atoms with E-state index in [0.29, 0.717) is 6.61 Å². The van der Waals surface area contributed by atoms with Gasteiger partial charge in [0, 0.05) is 5.70 Å². The molecule has 1 aliphatic rings. The van der Waals surface area contributed by atoms with Crippen LogP contribution in [0.15, 0.2) is 102 Å². The second-order valence-electron chi connectivity index (χ2n) is 7.26. The molecule has 0 bridgehead atoms. The lowest BCUT2D eigenvalue weighted by atomic mass is 9.99. The number of allylic oxidation sites excluding steroid dienone is 12. The fourth-order valence-corrected chi connectivity index (χ4v) is 3.11. The van der Waals surface area contributed by atoms with Crippen LogP contribution in [0, 0.1) is 0 Å². The van der Waals surface area contributed by atoms with Crippen molar-refractivity contribution in [3.05, 3.63) is 107 Å². The van der Waals surface area contributed by atoms with Gasteiger partial charge in [0.1, 0.15) is 5.75 Å². The molecule has 1 aliphatic carbocycles. The van der Waals surface area contributed by atoms with E-state index in [-0.39, 0.29) is 0 Å². The number of benzene rings is 1. The molecule has 0 saturated heterocycles. The summed E-state index contributed by atoms with van der Waals surface area (Å²) in [6.45, 7) is 10.8. The van der Waals surface area contributed by atoms with Crippen LogP contribution in [-0.4, -0.2) is 6.61 Å². The standard InChI is InChI=1S/C27H33NO/c1-5-12-27(28)26(21(2)3)19-22(4)24-16-10-17-25(20-24)29-18-11-15-23-13-8-6-7-9-14-23/h5-6,8-10,12-14,16-17,19-20H,2,7,11,15,18,28H2,1,3-4H3/b12-5-,22-19+,27-26+. The molecule has 1 aromatic rings. The Hall–Kier alpha value is -3.00. The van der Waals surface area contributed by atoms with Crippen molar-refractivity contribution in [2.24, 2.45) is 5.73 Å². The Labute approximate surface area is 176 Å². The zero-order chi connectivity index (χ0) is 21.1. The lowest BCUT2D eigenvalue weighted by molar-refractivity contribution is 0.311. The normalized spacial score (nSPS) is 15.1. The van der Waals surface area contributed by atoms with Crippen LogP contribution in [0.4, 0.5) is 0 Å². The predicted octanol–water partition coefficient (Wildman–Crippen LogP) is 7.06. The third-order valence-corrected chi connectivity index (χ3v) is 4.70. The Bertz CT molecular complexity index is 891. The molecule has 0 aliphatic heterocycles. The van der Waals surface area contributed by atoms with E-state index in [0.717, 1.165) is 53.0 Å². The van der Waals surface area contributed by atoms with Crippen molar-refractivity contribution in [1.82, 2.24) is 0 Å². The van der Waals surface area contributed by atoms with Gasteiger partial charge < -0.3 is 10.5 Å². The van der Waals surface area contributed by atoms with Crippen molar-refractivity contribution < 1.29 is 4.74 Å². The van der Waals surface area contributed by atoms with Crippen LogP contribution >= 0.6 is 0 Å². The molecule has 2 rings (SSSR count). The summed E-state index contributed by atoms with van der Waals surface area (Å²) in [6.07, 6.45) is 19.9. The quantitative estimate of drug-likeness (QED) is 0.364. The minimum absolute atomic E-state index is 0.701. The first-order valence-corrected chi connectivity index (χ1v) is 10.2. The zero-order valence-electron chi connectivity index (χ0n) is 17.9. The molecule has 152 valence electrons. The molecule has 0 spiro atoms. The van der Waals surface area contributed by atoms with Crippen molar-refractivity contribution in [2.45, 2.75) is 40.0 Å². The van der Waals surface area contributed by atoms with Crippen LogP contribution in [0.5, 0.6) is 5.75 Å². The van der Waals surface area contributed by atoms with E-state index < -0.39 is 0 Å². The topological polar surface area (TPSA) is 35.2 Å². The fraction of sp³-hybridized carbons (Fsp3) is 0.259. The van der Waals surface area contributed by atoms with Gasteiger partial charge in [-0.25, -0.2) is 0 Å². The summed E-state index contributed by atoms with van der Waals surface area (Å²) in [5.41, 5.74) is 12.4. The third-order valence-electron chi connectivity index (χ3n) is 4.70. The van der Waals surface area contributed by atoms with Gasteiger partial charge in [-0.05, 0) is 92.2 Å². The Balaban J connectivity index is 2.02. The smallest absolute Gasteiger partial charge is 0.119 e. The average molecular weight is 388 g/mol. The second-order valence-corrected chi connectivity index (χ2v) is 7.26. The molecule has 0 atom stereocenters. The molecule has 2 nitrogen and oxygen atoms in total. The van der Waals surface area contributed by atoms with Crippen LogP contribution < -0.4 is 10.5 Å². The minimum Gasteiger partial charge on any atom is -0.494 e. The van der Waals surface area contributed by atoms with Crippen molar-refractivity contribution >= 4 is 5.57 Å². The van der Waals surface area contributed by atoms with E-state index in [1.165, 1.54) is 5.57 Å². The first kappa shape index (κ1) is 22.3. The molecule has 29 heavy (non-hydrogen) atoms. The van der Waals surface area contributed by atoms with E-state index in [9.17, 15) is 0 Å². The number of rotatable bonds is 9. The average Bonchev–Trinajstić information content (AvgIpc) is 2.98. The van der Waals surface area contributed by atoms with Crippen LogP contribution in [0.2, 0.25) is 0 Å². The van der Waals surface area contributed by atoms with Crippen molar-refractivity contribution in [2.75, 3.05) is 6.61 Å². The third kappa shape index (κ3) is 7.50. The van der Waals surface area contributed by atoms with Gasteiger partial charge in [-0.1, -0.05) is 55.2 Å². The summed E-state index contributed by atoms with van der Waals surface area (Å²) in [5.74, 6) is 0.891. The Morgan fingerprint density at radius 1 is 1.24 bits per heavy atom. The van der Waals surface area contributed by atoms with Crippen LogP contribution in [0.3, 0.4) is 0 Å². The molecule has 0 fully saturated rings. The maximum absolute atomic E-state index is 6.19. The summed E-state index contributed by atoms with van der Waals surface area (Å²) < 4.78 is 6.00. The van der Waals surface area contributed by atoms with Gasteiger partial charge in [-0.3, -0.25) is 0 Å². The molecular formula is C27H33NO. The number of hydrogen-bond acceptors (Lipinski definition) is 2. The Kier molecular flexibility index (Phi) is 9.04. The van der Waals surface area contributed by atoms with Gasteiger partial charge >= 0.3 is 0 Å². The highest BCUT2D eigenvalue weighted by atomic mass is 16.5. The largest absolute Gasteiger partial charge is 0.494 e. The molecule has 0 aromatic heterocycles. The molecule has 0 amide bonds. The molecule has 2 N–H and O–H groups in total. The van der Waals surface area contributed by atoms with E-state index in [1.807, 2.05) is 38.1 Å². The molecule has 2 heteroatoms. The lowest BCUT2D eigenvalue weighted by Crippen LogP contribution is -2.00. The molecule has 0 unspecified atom stereocenters. The van der Waals surface area contributed by atoms with E-state index in [2.05, 4.69) is 62.1 Å². The maximum Gasteiger partial charge on any atom is 0.119 e. The van der Waals surface area contributed by atoms with E-state index in [4.69, 9.17) is 10.5 Å². The summed E-state index contributed by atoms with van der Waals surface area (Å²) in [7, 11) is 0. The van der Waals surface area contributed by atoms with Gasteiger partial charge in [0.25, 0.3) is 0 Å². The Morgan fingerprint density at radius 2 is 2.07 bits per heavy atom. The van der Waals surface area contributed by atoms with Crippen LogP contribution in [0.1, 0.15) is 45.6 Å². The monoisotopic (exact) mass is 387 g/mol. The SMILES string of the molecule is C=C(C)C(/C=C(\C)c1cccc(OCCCC2=CC=CCC=C2)c1)=C(N)\C=C/C. The lowest BCUT2D eigenvalue weighted by Gasteiger charge is -2.11. The summed E-state index contributed by atoms with van der Waals surface area (Å²) >= 11 is 0. The summed E-state index contributed by atoms with van der Waals surface area (Å²) in [6, 6.07) is 8.21. The fourth-order valence-electron chi connectivity index (χ4n) is 3.11. The van der Waals surface area contributed by atoms with Crippen molar-refractivity contribution in [1.29, 1.82) is 0 Å². The van der Waals surface area contributed by atoms with E-state index >= 15 is 0 Å². The minimum atomic E-state index is 0.701. The number of hydrogen-bond donors (Lipinski definition) is 1. The van der Waals surface area contributed by atoms with Crippen molar-refractivity contribution in [3.63, 3.8) is 0 Å². The highest BCUT2D eigenvalue weighted by molar-refractivity contribution is 5.69. The molecule has 0 saturated carbocycles. The second kappa shape index (κ2) is 11.8. The highest BCUT2D eigenvalue weighted by Gasteiger charge is 2.04. The van der Waals surface area contributed by atoms with Gasteiger partial charge in [-0.2, -0.15) is 0 Å². The van der Waals surface area contributed by atoms with Gasteiger partial charge in [0.15, 0.2) is 0 Å². The van der Waals surface area contributed by atoms with Crippen LogP contribution in [-0.2, 0) is 0 Å². The zero-order valence-corrected chi connectivity index (χ0v) is 17.9. The molecule has 1 aromatic carbocycles. The number of ether oxygens (including phenoxy) is 1. The predicted molar refractivity (Wildman–Crippen MR) is 127 cm³/mol. The Morgan fingerprint density at radius 3 is 2.83 bits per heavy atom. The summed E-state index contributed by atoms with van der Waals surface area (Å²) in [5, 5.41) is 0. The first-order valence-electron chi connectivity index (χ1n) is 10.2. The molecule has 0 heterocycles. The number of nitrogens with two attached hydrogens (primary N) is 1. The molecular weight excluding hydrogens is 354 g/mol. The van der Waals surface area contributed by atoms with E-state index in [1.54, 1.807) is 0 Å².